The highest BCUT2D eigenvalue weighted by molar-refractivity contribution is 6.12. The van der Waals surface area contributed by atoms with Crippen LogP contribution in [0, 0.1) is 6.92 Å². The number of hydrogen-bond acceptors (Lipinski definition) is 2. The van der Waals surface area contributed by atoms with Gasteiger partial charge in [-0.25, -0.2) is 4.98 Å². The fraction of sp³-hybridized carbons (Fsp3) is 0.0563. The Labute approximate surface area is 435 Å². The van der Waals surface area contributed by atoms with Crippen molar-refractivity contribution in [1.29, 1.82) is 0 Å². The highest BCUT2D eigenvalue weighted by atomic mass is 16.3. The molecule has 2 heterocycles. The van der Waals surface area contributed by atoms with Crippen molar-refractivity contribution in [3.05, 3.63) is 285 Å². The third-order valence-electron chi connectivity index (χ3n) is 13.4. The summed E-state index contributed by atoms with van der Waals surface area (Å²) >= 11 is 0. The predicted octanol–water partition coefficient (Wildman–Crippen LogP) is 20.1. The van der Waals surface area contributed by atoms with Crippen molar-refractivity contribution in [2.24, 2.45) is 0 Å². The molecule has 0 aliphatic heterocycles. The summed E-state index contributed by atoms with van der Waals surface area (Å²) in [5.74, 6) is 0.628. The molecular weight excluding hydrogens is 897 g/mol. The van der Waals surface area contributed by atoms with Crippen LogP contribution in [0.5, 0.6) is 0 Å². The number of oxazole rings is 1. The van der Waals surface area contributed by atoms with Gasteiger partial charge in [0.25, 0.3) is 0 Å². The molecule has 0 radical (unpaired) electrons. The highest BCUT2D eigenvalue weighted by Gasteiger charge is 2.18. The van der Waals surface area contributed by atoms with Gasteiger partial charge in [-0.1, -0.05) is 218 Å². The van der Waals surface area contributed by atoms with Crippen LogP contribution in [0.4, 0.5) is 0 Å². The number of aromatic nitrogens is 2. The Bertz CT molecular complexity index is 3890. The standard InChI is InChI=1S/C55H36N2O.C12H14.C4H8/c1-3-13-37(14-4-1)38-23-25-39(26-24-38)42-31-33-52-49(35-42)50-36-43(32-34-53(50)57(52)44-15-5-2-6-16-44)46-18-8-10-20-48(46)47-19-9-7-17-45(47)40-27-29-41(30-28-40)55-56-51-21-11-12-22-54(51)58-55;1-4-6-11(3)12-8-5-7-10(2)9-12;1-3-4-2/h1-36H;4-9H,3H2,1-2H3;3-4H,1-2H3/b;6-4-;4-3-. The van der Waals surface area contributed by atoms with Crippen molar-refractivity contribution in [3.63, 3.8) is 0 Å². The van der Waals surface area contributed by atoms with E-state index in [0.717, 1.165) is 33.5 Å². The highest BCUT2D eigenvalue weighted by Crippen LogP contribution is 2.42. The maximum Gasteiger partial charge on any atom is 0.227 e. The van der Waals surface area contributed by atoms with Gasteiger partial charge in [0.2, 0.25) is 5.89 Å². The summed E-state index contributed by atoms with van der Waals surface area (Å²) in [6.45, 7) is 12.1. The van der Waals surface area contributed by atoms with E-state index in [2.05, 4.69) is 236 Å². The Morgan fingerprint density at radius 3 is 1.51 bits per heavy atom. The number of benzene rings is 10. The van der Waals surface area contributed by atoms with Crippen molar-refractivity contribution < 1.29 is 4.42 Å². The first-order valence-electron chi connectivity index (χ1n) is 25.3. The number of allylic oxidation sites excluding steroid dienone is 5. The van der Waals surface area contributed by atoms with Gasteiger partial charge >= 0.3 is 0 Å². The number of fused-ring (bicyclic) bond motifs is 4. The van der Waals surface area contributed by atoms with Crippen molar-refractivity contribution in [2.45, 2.75) is 27.7 Å². The van der Waals surface area contributed by atoms with E-state index in [-0.39, 0.29) is 0 Å². The van der Waals surface area contributed by atoms with Gasteiger partial charge < -0.3 is 8.98 Å². The summed E-state index contributed by atoms with van der Waals surface area (Å²) in [7, 11) is 0. The van der Waals surface area contributed by atoms with E-state index < -0.39 is 0 Å². The van der Waals surface area contributed by atoms with Crippen LogP contribution in [-0.4, -0.2) is 9.55 Å². The van der Waals surface area contributed by atoms with Gasteiger partial charge in [0, 0.05) is 22.0 Å². The Kier molecular flexibility index (Phi) is 14.6. The molecule has 0 amide bonds. The van der Waals surface area contributed by atoms with Gasteiger partial charge in [-0.15, -0.1) is 0 Å². The van der Waals surface area contributed by atoms with Crippen LogP contribution in [0.1, 0.15) is 31.9 Å². The number of para-hydroxylation sites is 3. The van der Waals surface area contributed by atoms with Crippen LogP contribution in [0.25, 0.3) is 111 Å². The van der Waals surface area contributed by atoms with Gasteiger partial charge in [-0.2, -0.15) is 0 Å². The Morgan fingerprint density at radius 1 is 0.419 bits per heavy atom. The van der Waals surface area contributed by atoms with Crippen molar-refractivity contribution in [1.82, 2.24) is 9.55 Å². The fourth-order valence-corrected chi connectivity index (χ4v) is 9.58. The van der Waals surface area contributed by atoms with Crippen LogP contribution >= 0.6 is 0 Å². The lowest BCUT2D eigenvalue weighted by Crippen LogP contribution is -1.93. The van der Waals surface area contributed by atoms with Crippen LogP contribution < -0.4 is 0 Å². The average molecular weight is 955 g/mol. The minimum Gasteiger partial charge on any atom is -0.436 e. The number of rotatable bonds is 9. The zero-order chi connectivity index (χ0) is 50.8. The van der Waals surface area contributed by atoms with Gasteiger partial charge in [0.15, 0.2) is 5.58 Å². The molecule has 10 aromatic carbocycles. The van der Waals surface area contributed by atoms with Crippen LogP contribution in [0.15, 0.2) is 278 Å². The van der Waals surface area contributed by atoms with Gasteiger partial charge in [0.05, 0.1) is 11.0 Å². The van der Waals surface area contributed by atoms with Crippen molar-refractivity contribution in [2.75, 3.05) is 0 Å². The third-order valence-corrected chi connectivity index (χ3v) is 13.4. The molecule has 3 nitrogen and oxygen atoms in total. The minimum atomic E-state index is 0.628. The summed E-state index contributed by atoms with van der Waals surface area (Å²) in [6, 6.07) is 86.3. The summed E-state index contributed by atoms with van der Waals surface area (Å²) in [5, 5.41) is 2.44. The van der Waals surface area contributed by atoms with Crippen molar-refractivity contribution in [3.8, 4) is 72.8 Å². The van der Waals surface area contributed by atoms with Crippen LogP contribution in [0.2, 0.25) is 0 Å². The van der Waals surface area contributed by atoms with Crippen LogP contribution in [-0.2, 0) is 0 Å². The zero-order valence-corrected chi connectivity index (χ0v) is 42.4. The molecule has 0 N–H and O–H groups in total. The van der Waals surface area contributed by atoms with Gasteiger partial charge in [-0.05, 0) is 155 Å². The first-order chi connectivity index (χ1) is 36.4. The quantitative estimate of drug-likeness (QED) is 0.107. The molecule has 0 aliphatic carbocycles. The summed E-state index contributed by atoms with van der Waals surface area (Å²) in [6.07, 6.45) is 8.03. The molecule has 0 fully saturated rings. The number of nitrogens with zero attached hydrogens (tertiary/aromatic N) is 2. The minimum absolute atomic E-state index is 0.628. The molecule has 358 valence electrons. The molecular formula is C71H58N2O. The normalized spacial score (nSPS) is 11.2. The second-order valence-corrected chi connectivity index (χ2v) is 18.3. The Balaban J connectivity index is 0.000000339. The smallest absolute Gasteiger partial charge is 0.227 e. The fourth-order valence-electron chi connectivity index (χ4n) is 9.58. The van der Waals surface area contributed by atoms with E-state index in [0.29, 0.717) is 5.89 Å². The van der Waals surface area contributed by atoms with Crippen LogP contribution in [0.3, 0.4) is 0 Å². The molecule has 2 aromatic heterocycles. The number of aryl methyl sites for hydroxylation is 1. The lowest BCUT2D eigenvalue weighted by molar-refractivity contribution is 0.620. The molecule has 0 spiro atoms. The first kappa shape index (κ1) is 48.3. The molecule has 12 aromatic rings. The zero-order valence-electron chi connectivity index (χ0n) is 42.4. The topological polar surface area (TPSA) is 31.0 Å². The Morgan fingerprint density at radius 2 is 0.905 bits per heavy atom. The van der Waals surface area contributed by atoms with E-state index in [1.165, 1.54) is 83.0 Å². The molecule has 74 heavy (non-hydrogen) atoms. The largest absolute Gasteiger partial charge is 0.436 e. The van der Waals surface area contributed by atoms with E-state index in [4.69, 9.17) is 9.40 Å². The van der Waals surface area contributed by atoms with E-state index >= 15 is 0 Å². The maximum absolute atomic E-state index is 6.08. The lowest BCUT2D eigenvalue weighted by Gasteiger charge is -2.15. The van der Waals surface area contributed by atoms with Gasteiger partial charge in [-0.3, -0.25) is 0 Å². The molecule has 3 heteroatoms. The molecule has 0 saturated carbocycles. The third kappa shape index (κ3) is 10.4. The lowest BCUT2D eigenvalue weighted by atomic mass is 9.89. The SMILES string of the molecule is C/C=C\C.C=C(/C=C\C)c1cccc(C)c1.c1ccc(-c2ccc(-c3ccc4c(c3)c3cc(-c5ccccc5-c5ccccc5-c5ccc(-c6nc7ccccc7o6)cc5)ccc3n4-c3ccccc3)cc2)cc1. The summed E-state index contributed by atoms with van der Waals surface area (Å²) in [5.41, 5.74) is 21.5. The summed E-state index contributed by atoms with van der Waals surface area (Å²) < 4.78 is 8.47. The molecule has 0 unspecified atom stereocenters. The maximum atomic E-state index is 6.08. The second-order valence-electron chi connectivity index (χ2n) is 18.3. The van der Waals surface area contributed by atoms with E-state index in [9.17, 15) is 0 Å². The molecule has 0 aliphatic rings. The van der Waals surface area contributed by atoms with Gasteiger partial charge in [0.1, 0.15) is 5.52 Å². The predicted molar refractivity (Wildman–Crippen MR) is 316 cm³/mol. The van der Waals surface area contributed by atoms with Crippen molar-refractivity contribution >= 4 is 38.5 Å². The first-order valence-corrected chi connectivity index (χ1v) is 25.3. The monoisotopic (exact) mass is 954 g/mol. The summed E-state index contributed by atoms with van der Waals surface area (Å²) in [4.78, 5) is 4.72. The molecule has 12 rings (SSSR count). The molecule has 0 atom stereocenters. The second kappa shape index (κ2) is 22.4. The number of hydrogen-bond donors (Lipinski definition) is 0. The average Bonchev–Trinajstić information content (AvgIpc) is 4.06. The van der Waals surface area contributed by atoms with E-state index in [1.54, 1.807) is 0 Å². The molecule has 0 saturated heterocycles. The van der Waals surface area contributed by atoms with E-state index in [1.807, 2.05) is 69.3 Å². The molecule has 0 bridgehead atoms. The Hall–Kier alpha value is -9.31.